The molecule has 0 spiro atoms. The van der Waals surface area contributed by atoms with Crippen LogP contribution in [0.25, 0.3) is 11.5 Å². The summed E-state index contributed by atoms with van der Waals surface area (Å²) in [4.78, 5) is 8.85. The van der Waals surface area contributed by atoms with Gasteiger partial charge in [-0.05, 0) is 43.2 Å². The molecule has 0 atom stereocenters. The van der Waals surface area contributed by atoms with Gasteiger partial charge < -0.3 is 24.5 Å². The fourth-order valence-electron chi connectivity index (χ4n) is 3.14. The summed E-state index contributed by atoms with van der Waals surface area (Å²) in [5.41, 5.74) is 4.26. The Labute approximate surface area is 183 Å². The van der Waals surface area contributed by atoms with Gasteiger partial charge in [-0.15, -0.1) is 0 Å². The molecule has 0 fully saturated rings. The summed E-state index contributed by atoms with van der Waals surface area (Å²) in [6.07, 6.45) is 3.29. The second-order valence-corrected chi connectivity index (χ2v) is 7.13. The van der Waals surface area contributed by atoms with Gasteiger partial charge in [-0.25, -0.2) is 4.98 Å². The van der Waals surface area contributed by atoms with Crippen LogP contribution in [-0.2, 0) is 12.8 Å². The Kier molecular flexibility index (Phi) is 7.92. The molecule has 0 aliphatic rings. The molecule has 0 saturated carbocycles. The summed E-state index contributed by atoms with van der Waals surface area (Å²) in [5.74, 6) is 2.87. The molecule has 0 amide bonds. The van der Waals surface area contributed by atoms with Gasteiger partial charge in [-0.3, -0.25) is 4.99 Å². The van der Waals surface area contributed by atoms with Crippen LogP contribution in [0.1, 0.15) is 16.8 Å². The highest BCUT2D eigenvalue weighted by Crippen LogP contribution is 2.27. The number of hydrogen-bond acceptors (Lipinski definition) is 5. The molecule has 3 rings (SSSR count). The van der Waals surface area contributed by atoms with Crippen molar-refractivity contribution in [1.82, 2.24) is 15.6 Å². The number of ether oxygens (including phenoxy) is 2. The van der Waals surface area contributed by atoms with Crippen molar-refractivity contribution in [1.29, 1.82) is 0 Å². The van der Waals surface area contributed by atoms with Crippen molar-refractivity contribution in [3.8, 4) is 23.0 Å². The second kappa shape index (κ2) is 11.1. The van der Waals surface area contributed by atoms with Gasteiger partial charge in [0.25, 0.3) is 0 Å². The van der Waals surface area contributed by atoms with E-state index in [9.17, 15) is 0 Å². The molecule has 3 aromatic rings. The van der Waals surface area contributed by atoms with Crippen LogP contribution in [0, 0.1) is 6.92 Å². The third-order valence-electron chi connectivity index (χ3n) is 4.90. The summed E-state index contributed by atoms with van der Waals surface area (Å²) in [6.45, 7) is 3.51. The lowest BCUT2D eigenvalue weighted by atomic mass is 10.1. The summed E-state index contributed by atoms with van der Waals surface area (Å²) in [5, 5.41) is 6.64. The van der Waals surface area contributed by atoms with Crippen molar-refractivity contribution in [2.24, 2.45) is 4.99 Å². The van der Waals surface area contributed by atoms with E-state index in [1.165, 1.54) is 5.56 Å². The number of aliphatic imine (C=N–C) groups is 1. The molecule has 0 bridgehead atoms. The Morgan fingerprint density at radius 2 is 1.68 bits per heavy atom. The average molecular weight is 423 g/mol. The van der Waals surface area contributed by atoms with E-state index < -0.39 is 0 Å². The van der Waals surface area contributed by atoms with E-state index in [2.05, 4.69) is 39.7 Å². The number of guanidine groups is 1. The fourth-order valence-corrected chi connectivity index (χ4v) is 3.14. The SMILES string of the molecule is CN=C(NCCc1ccc(OC)c(OC)c1)NCCc1coc(-c2ccc(C)cc2)n1. The Morgan fingerprint density at radius 3 is 2.35 bits per heavy atom. The molecule has 164 valence electrons. The van der Waals surface area contributed by atoms with Gasteiger partial charge in [0.1, 0.15) is 6.26 Å². The number of aromatic nitrogens is 1. The molecule has 0 radical (unpaired) electrons. The first kappa shape index (κ1) is 22.2. The average Bonchev–Trinajstić information content (AvgIpc) is 3.27. The van der Waals surface area contributed by atoms with Crippen LogP contribution in [0.3, 0.4) is 0 Å². The molecule has 1 heterocycles. The molecule has 1 aromatic heterocycles. The zero-order chi connectivity index (χ0) is 22.1. The fraction of sp³-hybridized carbons (Fsp3) is 0.333. The lowest BCUT2D eigenvalue weighted by Gasteiger charge is -2.12. The molecule has 7 nitrogen and oxygen atoms in total. The quantitative estimate of drug-likeness (QED) is 0.405. The standard InChI is InChI=1S/C24H30N4O3/c1-17-5-8-19(9-6-17)23-28-20(16-31-23)12-14-27-24(25-2)26-13-11-18-7-10-21(29-3)22(15-18)30-4/h5-10,15-16H,11-14H2,1-4H3,(H2,25,26,27). The van der Waals surface area contributed by atoms with Crippen LogP contribution in [0.4, 0.5) is 0 Å². The van der Waals surface area contributed by atoms with E-state index in [-0.39, 0.29) is 0 Å². The third kappa shape index (κ3) is 6.25. The maximum Gasteiger partial charge on any atom is 0.226 e. The van der Waals surface area contributed by atoms with Crippen LogP contribution in [-0.4, -0.2) is 45.3 Å². The van der Waals surface area contributed by atoms with E-state index in [4.69, 9.17) is 13.9 Å². The van der Waals surface area contributed by atoms with Gasteiger partial charge in [0.2, 0.25) is 5.89 Å². The van der Waals surface area contributed by atoms with Crippen molar-refractivity contribution in [3.05, 3.63) is 65.5 Å². The molecule has 0 aliphatic carbocycles. The normalized spacial score (nSPS) is 11.3. The van der Waals surface area contributed by atoms with Crippen LogP contribution in [0.5, 0.6) is 11.5 Å². The molecule has 2 N–H and O–H groups in total. The third-order valence-corrected chi connectivity index (χ3v) is 4.90. The van der Waals surface area contributed by atoms with Gasteiger partial charge >= 0.3 is 0 Å². The van der Waals surface area contributed by atoms with Crippen LogP contribution >= 0.6 is 0 Å². The first-order valence-corrected chi connectivity index (χ1v) is 10.3. The Balaban J connectivity index is 1.43. The number of rotatable bonds is 9. The van der Waals surface area contributed by atoms with E-state index in [0.717, 1.165) is 53.7 Å². The number of methoxy groups -OCH3 is 2. The number of nitrogens with one attached hydrogen (secondary N) is 2. The van der Waals surface area contributed by atoms with Gasteiger partial charge in [-0.1, -0.05) is 23.8 Å². The molecular formula is C24H30N4O3. The summed E-state index contributed by atoms with van der Waals surface area (Å²) in [6, 6.07) is 14.1. The van der Waals surface area contributed by atoms with E-state index in [1.54, 1.807) is 27.5 Å². The summed E-state index contributed by atoms with van der Waals surface area (Å²) >= 11 is 0. The smallest absolute Gasteiger partial charge is 0.226 e. The van der Waals surface area contributed by atoms with Crippen LogP contribution in [0.2, 0.25) is 0 Å². The minimum Gasteiger partial charge on any atom is -0.493 e. The minimum absolute atomic E-state index is 0.646. The first-order chi connectivity index (χ1) is 15.1. The van der Waals surface area contributed by atoms with Crippen molar-refractivity contribution >= 4 is 5.96 Å². The summed E-state index contributed by atoms with van der Waals surface area (Å²) in [7, 11) is 5.04. The van der Waals surface area contributed by atoms with Crippen LogP contribution < -0.4 is 20.1 Å². The molecule has 31 heavy (non-hydrogen) atoms. The van der Waals surface area contributed by atoms with Crippen LogP contribution in [0.15, 0.2) is 58.1 Å². The van der Waals surface area contributed by atoms with Gasteiger partial charge in [0.05, 0.1) is 19.9 Å². The Bertz CT molecular complexity index is 996. The van der Waals surface area contributed by atoms with Crippen molar-refractivity contribution in [3.63, 3.8) is 0 Å². The number of hydrogen-bond donors (Lipinski definition) is 2. The van der Waals surface area contributed by atoms with Crippen molar-refractivity contribution < 1.29 is 13.9 Å². The molecule has 2 aromatic carbocycles. The number of oxazole rings is 1. The molecular weight excluding hydrogens is 392 g/mol. The molecule has 0 aliphatic heterocycles. The van der Waals surface area contributed by atoms with E-state index >= 15 is 0 Å². The monoisotopic (exact) mass is 422 g/mol. The predicted molar refractivity (Wildman–Crippen MR) is 123 cm³/mol. The lowest BCUT2D eigenvalue weighted by molar-refractivity contribution is 0.354. The largest absolute Gasteiger partial charge is 0.493 e. The van der Waals surface area contributed by atoms with E-state index in [1.807, 2.05) is 30.3 Å². The lowest BCUT2D eigenvalue weighted by Crippen LogP contribution is -2.39. The molecule has 0 unspecified atom stereocenters. The zero-order valence-corrected chi connectivity index (χ0v) is 18.6. The number of aryl methyl sites for hydroxylation is 1. The number of nitrogens with zero attached hydrogens (tertiary/aromatic N) is 2. The van der Waals surface area contributed by atoms with Crippen molar-refractivity contribution in [2.45, 2.75) is 19.8 Å². The van der Waals surface area contributed by atoms with Crippen molar-refractivity contribution in [2.75, 3.05) is 34.4 Å². The zero-order valence-electron chi connectivity index (χ0n) is 18.6. The van der Waals surface area contributed by atoms with Gasteiger partial charge in [-0.2, -0.15) is 0 Å². The Morgan fingerprint density at radius 1 is 0.968 bits per heavy atom. The highest BCUT2D eigenvalue weighted by Gasteiger charge is 2.08. The second-order valence-electron chi connectivity index (χ2n) is 7.13. The van der Waals surface area contributed by atoms with Gasteiger partial charge in [0, 0.05) is 32.1 Å². The number of benzene rings is 2. The maximum atomic E-state index is 5.62. The highest BCUT2D eigenvalue weighted by atomic mass is 16.5. The molecule has 0 saturated heterocycles. The first-order valence-electron chi connectivity index (χ1n) is 10.3. The minimum atomic E-state index is 0.646. The van der Waals surface area contributed by atoms with E-state index in [0.29, 0.717) is 12.4 Å². The molecule has 7 heteroatoms. The Hall–Kier alpha value is -3.48. The maximum absolute atomic E-state index is 5.62. The topological polar surface area (TPSA) is 80.9 Å². The highest BCUT2D eigenvalue weighted by molar-refractivity contribution is 5.79. The summed E-state index contributed by atoms with van der Waals surface area (Å²) < 4.78 is 16.3. The predicted octanol–water partition coefficient (Wildman–Crippen LogP) is 3.62. The van der Waals surface area contributed by atoms with Gasteiger partial charge in [0.15, 0.2) is 17.5 Å².